The maximum atomic E-state index is 11.1. The van der Waals surface area contributed by atoms with Crippen molar-refractivity contribution in [3.63, 3.8) is 0 Å². The zero-order valence-corrected chi connectivity index (χ0v) is 6.81. The van der Waals surface area contributed by atoms with E-state index in [1.165, 1.54) is 19.3 Å². The van der Waals surface area contributed by atoms with Gasteiger partial charge in [0.1, 0.15) is 5.78 Å². The van der Waals surface area contributed by atoms with Gasteiger partial charge in [-0.2, -0.15) is 0 Å². The molecular formula is C9H15NO. The molecule has 2 fully saturated rings. The summed E-state index contributed by atoms with van der Waals surface area (Å²) in [4.78, 5) is 11.1. The normalized spacial score (nSPS) is 33.5. The number of carbonyl (C=O) groups is 1. The fourth-order valence-corrected chi connectivity index (χ4v) is 1.99. The number of piperidine rings is 1. The lowest BCUT2D eigenvalue weighted by Gasteiger charge is -2.36. The van der Waals surface area contributed by atoms with Crippen LogP contribution in [0, 0.1) is 5.92 Å². The molecule has 1 aliphatic heterocycles. The maximum absolute atomic E-state index is 11.1. The first-order chi connectivity index (χ1) is 5.36. The van der Waals surface area contributed by atoms with Gasteiger partial charge in [0, 0.05) is 25.4 Å². The lowest BCUT2D eigenvalue weighted by molar-refractivity contribution is -0.121. The highest BCUT2D eigenvalue weighted by Gasteiger charge is 2.30. The van der Waals surface area contributed by atoms with Crippen molar-refractivity contribution in [3.8, 4) is 0 Å². The summed E-state index contributed by atoms with van der Waals surface area (Å²) in [5.74, 6) is 1.28. The molecule has 1 saturated carbocycles. The van der Waals surface area contributed by atoms with Gasteiger partial charge in [0.2, 0.25) is 0 Å². The Labute approximate surface area is 67.4 Å². The summed E-state index contributed by atoms with van der Waals surface area (Å²) in [7, 11) is 0. The van der Waals surface area contributed by atoms with Crippen LogP contribution >= 0.6 is 0 Å². The van der Waals surface area contributed by atoms with Crippen molar-refractivity contribution in [3.05, 3.63) is 0 Å². The van der Waals surface area contributed by atoms with Gasteiger partial charge in [0.25, 0.3) is 0 Å². The van der Waals surface area contributed by atoms with Crippen molar-refractivity contribution in [2.45, 2.75) is 38.1 Å². The summed E-state index contributed by atoms with van der Waals surface area (Å²) in [6.45, 7) is 0.917. The molecule has 2 heteroatoms. The molecule has 2 aliphatic rings. The standard InChI is InChI=1S/C9H15NO/c11-8-4-5-10-9(6-8)7-2-1-3-7/h7,9-10H,1-6H2. The molecule has 1 saturated heterocycles. The number of rotatable bonds is 1. The Morgan fingerprint density at radius 2 is 2.18 bits per heavy atom. The highest BCUT2D eigenvalue weighted by atomic mass is 16.1. The largest absolute Gasteiger partial charge is 0.313 e. The highest BCUT2D eigenvalue weighted by Crippen LogP contribution is 2.31. The molecule has 1 atom stereocenters. The number of nitrogens with one attached hydrogen (secondary N) is 1. The van der Waals surface area contributed by atoms with Gasteiger partial charge in [-0.3, -0.25) is 4.79 Å². The monoisotopic (exact) mass is 153 g/mol. The van der Waals surface area contributed by atoms with Crippen LogP contribution < -0.4 is 5.32 Å². The Bertz CT molecular complexity index is 163. The van der Waals surface area contributed by atoms with Crippen molar-refractivity contribution in [1.82, 2.24) is 5.32 Å². The summed E-state index contributed by atoms with van der Waals surface area (Å²) >= 11 is 0. The molecule has 0 spiro atoms. The van der Waals surface area contributed by atoms with E-state index in [1.54, 1.807) is 0 Å². The lowest BCUT2D eigenvalue weighted by Crippen LogP contribution is -2.45. The minimum absolute atomic E-state index is 0.459. The molecule has 0 radical (unpaired) electrons. The average molecular weight is 153 g/mol. The summed E-state index contributed by atoms with van der Waals surface area (Å²) in [5.41, 5.74) is 0. The molecule has 0 aromatic heterocycles. The zero-order chi connectivity index (χ0) is 7.68. The second-order valence-corrected chi connectivity index (χ2v) is 3.74. The average Bonchev–Trinajstić information content (AvgIpc) is 1.83. The predicted octanol–water partition coefficient (Wildman–Crippen LogP) is 1.11. The second-order valence-electron chi connectivity index (χ2n) is 3.74. The SMILES string of the molecule is O=C1CCNC(C2CCC2)C1. The van der Waals surface area contributed by atoms with E-state index in [9.17, 15) is 4.79 Å². The molecule has 62 valence electrons. The van der Waals surface area contributed by atoms with Gasteiger partial charge in [-0.25, -0.2) is 0 Å². The molecule has 2 nitrogen and oxygen atoms in total. The van der Waals surface area contributed by atoms with Gasteiger partial charge in [0.05, 0.1) is 0 Å². The van der Waals surface area contributed by atoms with Crippen molar-refractivity contribution in [1.29, 1.82) is 0 Å². The number of hydrogen-bond donors (Lipinski definition) is 1. The number of carbonyl (C=O) groups excluding carboxylic acids is 1. The number of ketones is 1. The Morgan fingerprint density at radius 1 is 1.36 bits per heavy atom. The van der Waals surface area contributed by atoms with Crippen LogP contribution in [0.5, 0.6) is 0 Å². The molecular weight excluding hydrogens is 138 g/mol. The minimum atomic E-state index is 0.459. The van der Waals surface area contributed by atoms with Gasteiger partial charge in [-0.05, 0) is 18.8 Å². The predicted molar refractivity (Wildman–Crippen MR) is 43.4 cm³/mol. The summed E-state index contributed by atoms with van der Waals surface area (Å²) in [6.07, 6.45) is 5.60. The van der Waals surface area contributed by atoms with Crippen molar-refractivity contribution < 1.29 is 4.79 Å². The van der Waals surface area contributed by atoms with E-state index in [1.807, 2.05) is 0 Å². The number of hydrogen-bond acceptors (Lipinski definition) is 2. The number of Topliss-reactive ketones (excluding diaryl/α,β-unsaturated/α-hetero) is 1. The van der Waals surface area contributed by atoms with E-state index in [2.05, 4.69) is 5.32 Å². The third-order valence-corrected chi connectivity index (χ3v) is 2.98. The first-order valence-corrected chi connectivity index (χ1v) is 4.61. The van der Waals surface area contributed by atoms with Crippen molar-refractivity contribution >= 4 is 5.78 Å². The molecule has 1 unspecified atom stereocenters. The molecule has 1 heterocycles. The third kappa shape index (κ3) is 1.45. The van der Waals surface area contributed by atoms with Gasteiger partial charge >= 0.3 is 0 Å². The quantitative estimate of drug-likeness (QED) is 0.611. The van der Waals surface area contributed by atoms with Crippen LogP contribution in [0.25, 0.3) is 0 Å². The van der Waals surface area contributed by atoms with E-state index in [0.717, 1.165) is 25.3 Å². The Kier molecular flexibility index (Phi) is 1.95. The molecule has 11 heavy (non-hydrogen) atoms. The summed E-state index contributed by atoms with van der Waals surface area (Å²) in [5, 5.41) is 3.43. The molecule has 0 aromatic rings. The van der Waals surface area contributed by atoms with Crippen LogP contribution in [-0.2, 0) is 4.79 Å². The van der Waals surface area contributed by atoms with E-state index < -0.39 is 0 Å². The van der Waals surface area contributed by atoms with Gasteiger partial charge in [-0.15, -0.1) is 0 Å². The fraction of sp³-hybridized carbons (Fsp3) is 0.889. The topological polar surface area (TPSA) is 29.1 Å². The highest BCUT2D eigenvalue weighted by molar-refractivity contribution is 5.80. The van der Waals surface area contributed by atoms with Crippen LogP contribution in [0.4, 0.5) is 0 Å². The Morgan fingerprint density at radius 3 is 2.73 bits per heavy atom. The first-order valence-electron chi connectivity index (χ1n) is 4.61. The molecule has 0 amide bonds. The molecule has 0 aromatic carbocycles. The van der Waals surface area contributed by atoms with Gasteiger partial charge in [0.15, 0.2) is 0 Å². The minimum Gasteiger partial charge on any atom is -0.313 e. The Hall–Kier alpha value is -0.370. The van der Waals surface area contributed by atoms with Crippen LogP contribution in [0.15, 0.2) is 0 Å². The molecule has 1 N–H and O–H groups in total. The third-order valence-electron chi connectivity index (χ3n) is 2.98. The zero-order valence-electron chi connectivity index (χ0n) is 6.81. The van der Waals surface area contributed by atoms with Crippen molar-refractivity contribution in [2.24, 2.45) is 5.92 Å². The summed E-state index contributed by atoms with van der Waals surface area (Å²) < 4.78 is 0. The first kappa shape index (κ1) is 7.29. The lowest BCUT2D eigenvalue weighted by atomic mass is 9.77. The van der Waals surface area contributed by atoms with Crippen LogP contribution in [-0.4, -0.2) is 18.4 Å². The van der Waals surface area contributed by atoms with Crippen LogP contribution in [0.3, 0.4) is 0 Å². The van der Waals surface area contributed by atoms with E-state index in [-0.39, 0.29) is 0 Å². The van der Waals surface area contributed by atoms with Crippen molar-refractivity contribution in [2.75, 3.05) is 6.54 Å². The van der Waals surface area contributed by atoms with E-state index >= 15 is 0 Å². The Balaban J connectivity index is 1.87. The molecule has 2 rings (SSSR count). The van der Waals surface area contributed by atoms with E-state index in [0.29, 0.717) is 11.8 Å². The van der Waals surface area contributed by atoms with Crippen LogP contribution in [0.2, 0.25) is 0 Å². The molecule has 1 aliphatic carbocycles. The summed E-state index contributed by atoms with van der Waals surface area (Å²) in [6, 6.07) is 0.532. The van der Waals surface area contributed by atoms with E-state index in [4.69, 9.17) is 0 Å². The maximum Gasteiger partial charge on any atom is 0.135 e. The molecule has 0 bridgehead atoms. The fourth-order valence-electron chi connectivity index (χ4n) is 1.99. The smallest absolute Gasteiger partial charge is 0.135 e. The van der Waals surface area contributed by atoms with Gasteiger partial charge in [-0.1, -0.05) is 6.42 Å². The van der Waals surface area contributed by atoms with Crippen LogP contribution in [0.1, 0.15) is 32.1 Å². The second kappa shape index (κ2) is 2.94. The van der Waals surface area contributed by atoms with Gasteiger partial charge < -0.3 is 5.32 Å².